The topological polar surface area (TPSA) is 65.4 Å². The molecular formula is C21H27Cl2N3O3S. The van der Waals surface area contributed by atoms with Gasteiger partial charge in [-0.2, -0.15) is 0 Å². The van der Waals surface area contributed by atoms with E-state index < -0.39 is 10.8 Å². The first-order valence-electron chi connectivity index (χ1n) is 9.63. The van der Waals surface area contributed by atoms with E-state index in [0.717, 1.165) is 59.6 Å². The van der Waals surface area contributed by atoms with Gasteiger partial charge in [0.2, 0.25) is 0 Å². The lowest BCUT2D eigenvalue weighted by Gasteiger charge is -2.36. The molecule has 30 heavy (non-hydrogen) atoms. The second kappa shape index (κ2) is 11.8. The van der Waals surface area contributed by atoms with Crippen molar-refractivity contribution in [2.24, 2.45) is 4.99 Å². The smallest absolute Gasteiger partial charge is 0.137 e. The molecule has 0 saturated carbocycles. The number of rotatable bonds is 5. The minimum atomic E-state index is -1.23. The van der Waals surface area contributed by atoms with Gasteiger partial charge in [0.25, 0.3) is 0 Å². The summed E-state index contributed by atoms with van der Waals surface area (Å²) in [6.45, 7) is 5.53. The summed E-state index contributed by atoms with van der Waals surface area (Å²) in [4.78, 5) is 11.2. The van der Waals surface area contributed by atoms with E-state index in [0.29, 0.717) is 13.2 Å². The van der Waals surface area contributed by atoms with Crippen molar-refractivity contribution in [1.82, 2.24) is 9.80 Å². The Morgan fingerprint density at radius 1 is 0.933 bits per heavy atom. The predicted octanol–water partition coefficient (Wildman–Crippen LogP) is 2.72. The van der Waals surface area contributed by atoms with E-state index in [4.69, 9.17) is 14.8 Å². The lowest BCUT2D eigenvalue weighted by Crippen LogP contribution is -2.49. The first kappa shape index (κ1) is 24.8. The zero-order chi connectivity index (χ0) is 19.3. The predicted molar refractivity (Wildman–Crippen MR) is 124 cm³/mol. The Bertz CT molecular complexity index is 889. The average molecular weight is 472 g/mol. The summed E-state index contributed by atoms with van der Waals surface area (Å²) < 4.78 is 18.5. The molecule has 6 nitrogen and oxygen atoms in total. The summed E-state index contributed by atoms with van der Waals surface area (Å²) in [6.07, 6.45) is 0. The van der Waals surface area contributed by atoms with Crippen molar-refractivity contribution in [3.63, 3.8) is 0 Å². The summed E-state index contributed by atoms with van der Waals surface area (Å²) in [7, 11) is -1.23. The number of nitrogens with zero attached hydrogens (tertiary/aromatic N) is 3. The van der Waals surface area contributed by atoms with Crippen LogP contribution < -0.4 is 0 Å². The number of halogens is 2. The van der Waals surface area contributed by atoms with Crippen molar-refractivity contribution < 1.29 is 14.1 Å². The molecule has 2 aromatic carbocycles. The van der Waals surface area contributed by atoms with Gasteiger partial charge in [0.05, 0.1) is 46.1 Å². The number of benzene rings is 2. The van der Waals surface area contributed by atoms with E-state index in [-0.39, 0.29) is 31.4 Å². The molecule has 2 aliphatic rings. The molecule has 0 radical (unpaired) electrons. The molecule has 0 spiro atoms. The highest BCUT2D eigenvalue weighted by Crippen LogP contribution is 2.33. The zero-order valence-electron chi connectivity index (χ0n) is 16.6. The molecule has 0 aliphatic carbocycles. The SMILES string of the molecule is Cl.Cl.O=S1c2ccccc2N=C(N2CCN(CCOCCO)CC2)c2ccccc21. The molecular weight excluding hydrogens is 445 g/mol. The number of piperazine rings is 1. The van der Waals surface area contributed by atoms with Crippen LogP contribution in [-0.2, 0) is 15.5 Å². The molecule has 2 heterocycles. The van der Waals surface area contributed by atoms with E-state index in [9.17, 15) is 4.21 Å². The van der Waals surface area contributed by atoms with Crippen molar-refractivity contribution in [3.8, 4) is 0 Å². The van der Waals surface area contributed by atoms with Crippen LogP contribution in [0.15, 0.2) is 63.3 Å². The number of aliphatic imine (C=N–C) groups is 1. The van der Waals surface area contributed by atoms with E-state index in [1.165, 1.54) is 0 Å². The number of amidine groups is 1. The molecule has 1 saturated heterocycles. The van der Waals surface area contributed by atoms with Gasteiger partial charge in [-0.05, 0) is 18.2 Å². The second-order valence-corrected chi connectivity index (χ2v) is 8.25. The van der Waals surface area contributed by atoms with Gasteiger partial charge in [-0.3, -0.25) is 4.90 Å². The Balaban J connectivity index is 0.00000160. The minimum Gasteiger partial charge on any atom is -0.394 e. The number of ether oxygens (including phenoxy) is 1. The highest BCUT2D eigenvalue weighted by molar-refractivity contribution is 7.85. The van der Waals surface area contributed by atoms with Gasteiger partial charge >= 0.3 is 0 Å². The number of hydrogen-bond acceptors (Lipinski definition) is 6. The Morgan fingerprint density at radius 2 is 1.60 bits per heavy atom. The molecule has 0 bridgehead atoms. The second-order valence-electron chi connectivity index (χ2n) is 6.83. The molecule has 2 aliphatic heterocycles. The van der Waals surface area contributed by atoms with Crippen molar-refractivity contribution in [3.05, 3.63) is 54.1 Å². The lowest BCUT2D eigenvalue weighted by molar-refractivity contribution is 0.0652. The first-order chi connectivity index (χ1) is 13.8. The largest absolute Gasteiger partial charge is 0.394 e. The molecule has 0 aromatic heterocycles. The molecule has 1 N–H and O–H groups in total. The maximum Gasteiger partial charge on any atom is 0.137 e. The normalized spacial score (nSPS) is 18.2. The van der Waals surface area contributed by atoms with Crippen LogP contribution in [0.1, 0.15) is 5.56 Å². The molecule has 1 fully saturated rings. The minimum absolute atomic E-state index is 0. The van der Waals surface area contributed by atoms with Crippen molar-refractivity contribution in [2.45, 2.75) is 9.79 Å². The molecule has 9 heteroatoms. The standard InChI is InChI=1S/C21H25N3O3S.2ClH/c25-14-16-27-15-13-23-9-11-24(12-10-23)21-17-5-1-3-7-19(17)28(26)20-8-4-2-6-18(20)22-21;;/h1-8,25H,9-16H2;2*1H. The number of fused-ring (bicyclic) bond motifs is 2. The lowest BCUT2D eigenvalue weighted by atomic mass is 10.1. The molecule has 1 unspecified atom stereocenters. The van der Waals surface area contributed by atoms with Gasteiger partial charge < -0.3 is 14.7 Å². The molecule has 0 amide bonds. The number of hydrogen-bond donors (Lipinski definition) is 1. The van der Waals surface area contributed by atoms with Crippen LogP contribution in [0.5, 0.6) is 0 Å². The van der Waals surface area contributed by atoms with E-state index in [2.05, 4.69) is 9.80 Å². The van der Waals surface area contributed by atoms with Crippen molar-refractivity contribution >= 4 is 47.1 Å². The maximum atomic E-state index is 13.2. The fourth-order valence-corrected chi connectivity index (χ4v) is 4.90. The van der Waals surface area contributed by atoms with E-state index >= 15 is 0 Å². The summed E-state index contributed by atoms with van der Waals surface area (Å²) in [6, 6.07) is 15.6. The molecule has 2 aromatic rings. The summed E-state index contributed by atoms with van der Waals surface area (Å²) in [5, 5.41) is 8.79. The number of aliphatic hydroxyl groups excluding tert-OH is 1. The summed E-state index contributed by atoms with van der Waals surface area (Å²) >= 11 is 0. The van der Waals surface area contributed by atoms with Crippen LogP contribution in [0.4, 0.5) is 5.69 Å². The van der Waals surface area contributed by atoms with Gasteiger partial charge in [0, 0.05) is 38.3 Å². The molecule has 1 atom stereocenters. The average Bonchev–Trinajstić information content (AvgIpc) is 2.87. The highest BCUT2D eigenvalue weighted by Gasteiger charge is 2.27. The first-order valence-corrected chi connectivity index (χ1v) is 10.8. The van der Waals surface area contributed by atoms with Crippen molar-refractivity contribution in [2.75, 3.05) is 52.5 Å². The Hall–Kier alpha value is -1.48. The highest BCUT2D eigenvalue weighted by atomic mass is 35.5. The molecule has 4 rings (SSSR count). The van der Waals surface area contributed by atoms with Crippen LogP contribution >= 0.6 is 24.8 Å². The summed E-state index contributed by atoms with van der Waals surface area (Å²) in [5.41, 5.74) is 1.74. The fraction of sp³-hybridized carbons (Fsp3) is 0.381. The fourth-order valence-electron chi connectivity index (χ4n) is 3.60. The van der Waals surface area contributed by atoms with Crippen LogP contribution in [0.3, 0.4) is 0 Å². The van der Waals surface area contributed by atoms with Gasteiger partial charge in [0.15, 0.2) is 0 Å². The third kappa shape index (κ3) is 5.41. The van der Waals surface area contributed by atoms with Gasteiger partial charge in [-0.15, -0.1) is 24.8 Å². The quantitative estimate of drug-likeness (QED) is 0.679. The van der Waals surface area contributed by atoms with E-state index in [1.54, 1.807) is 0 Å². The van der Waals surface area contributed by atoms with Crippen LogP contribution in [0, 0.1) is 0 Å². The Kier molecular flexibility index (Phi) is 9.74. The van der Waals surface area contributed by atoms with Crippen LogP contribution in [-0.4, -0.2) is 77.5 Å². The third-order valence-corrected chi connectivity index (χ3v) is 6.58. The van der Waals surface area contributed by atoms with Gasteiger partial charge in [0.1, 0.15) is 5.84 Å². The zero-order valence-corrected chi connectivity index (χ0v) is 19.1. The Morgan fingerprint density at radius 3 is 2.33 bits per heavy atom. The van der Waals surface area contributed by atoms with Crippen LogP contribution in [0.25, 0.3) is 0 Å². The monoisotopic (exact) mass is 471 g/mol. The van der Waals surface area contributed by atoms with Gasteiger partial charge in [-0.25, -0.2) is 9.20 Å². The third-order valence-electron chi connectivity index (χ3n) is 5.08. The number of aliphatic hydroxyl groups is 1. The molecule has 164 valence electrons. The Labute approximate surface area is 192 Å². The van der Waals surface area contributed by atoms with E-state index in [1.807, 2.05) is 48.5 Å². The summed E-state index contributed by atoms with van der Waals surface area (Å²) in [5.74, 6) is 0.907. The number of para-hydroxylation sites is 1. The van der Waals surface area contributed by atoms with Crippen molar-refractivity contribution in [1.29, 1.82) is 0 Å². The van der Waals surface area contributed by atoms with Gasteiger partial charge in [-0.1, -0.05) is 30.3 Å². The maximum absolute atomic E-state index is 13.2. The van der Waals surface area contributed by atoms with Crippen LogP contribution in [0.2, 0.25) is 0 Å².